The molecule has 3 heterocycles. The van der Waals surface area contributed by atoms with E-state index in [1.807, 2.05) is 67.9 Å². The maximum atomic E-state index is 13.8. The minimum Gasteiger partial charge on any atom is -0.454 e. The largest absolute Gasteiger partial charge is 0.454 e. The van der Waals surface area contributed by atoms with Gasteiger partial charge in [0.15, 0.2) is 11.5 Å². The first-order valence-electron chi connectivity index (χ1n) is 13.4. The van der Waals surface area contributed by atoms with E-state index in [9.17, 15) is 9.59 Å². The quantitative estimate of drug-likeness (QED) is 0.451. The lowest BCUT2D eigenvalue weighted by Gasteiger charge is -2.25. The Morgan fingerprint density at radius 1 is 1.15 bits per heavy atom. The monoisotopic (exact) mass is 548 g/mol. The summed E-state index contributed by atoms with van der Waals surface area (Å²) in [5.74, 6) is 1.95. The van der Waals surface area contributed by atoms with Crippen LogP contribution in [0.5, 0.6) is 11.5 Å². The number of aryl methyl sites for hydroxylation is 1. The fraction of sp³-hybridized carbons (Fsp3) is 0.433. The zero-order chi connectivity index (χ0) is 27.9. The minimum atomic E-state index is -0.326. The molecule has 1 N–H and O–H groups in total. The van der Waals surface area contributed by atoms with Crippen molar-refractivity contribution in [2.24, 2.45) is 0 Å². The second-order valence-corrected chi connectivity index (χ2v) is 12.3. The molecule has 1 aromatic heterocycles. The normalized spacial score (nSPS) is 17.5. The van der Waals surface area contributed by atoms with Crippen molar-refractivity contribution in [1.29, 1.82) is 0 Å². The molecule has 9 heteroatoms. The Hall–Kier alpha value is -3.46. The molecule has 8 nitrogen and oxygen atoms in total. The highest BCUT2D eigenvalue weighted by atomic mass is 32.2. The van der Waals surface area contributed by atoms with Gasteiger partial charge < -0.3 is 14.8 Å². The third-order valence-electron chi connectivity index (χ3n) is 7.10. The highest BCUT2D eigenvalue weighted by molar-refractivity contribution is 8.00. The van der Waals surface area contributed by atoms with Gasteiger partial charge in [0, 0.05) is 17.0 Å². The van der Waals surface area contributed by atoms with Crippen LogP contribution in [0.4, 0.5) is 5.82 Å². The number of thioether (sulfide) groups is 1. The highest BCUT2D eigenvalue weighted by Crippen LogP contribution is 2.49. The van der Waals surface area contributed by atoms with Gasteiger partial charge in [0.2, 0.25) is 18.6 Å². The molecule has 2 aliphatic heterocycles. The minimum absolute atomic E-state index is 0.0157. The number of carbonyl (C=O) groups is 2. The average Bonchev–Trinajstić information content (AvgIpc) is 3.49. The Morgan fingerprint density at radius 2 is 1.87 bits per heavy atom. The first-order chi connectivity index (χ1) is 18.6. The van der Waals surface area contributed by atoms with Gasteiger partial charge in [0.25, 0.3) is 0 Å². The summed E-state index contributed by atoms with van der Waals surface area (Å²) < 4.78 is 13.1. The Morgan fingerprint density at radius 3 is 2.56 bits per heavy atom. The molecule has 0 fully saturated rings. The van der Waals surface area contributed by atoms with Gasteiger partial charge in [-0.3, -0.25) is 14.5 Å². The molecule has 2 aliphatic rings. The summed E-state index contributed by atoms with van der Waals surface area (Å²) in [6.45, 7) is 12.5. The molecule has 206 valence electrons. The topological polar surface area (TPSA) is 85.7 Å². The van der Waals surface area contributed by atoms with Crippen molar-refractivity contribution in [3.63, 3.8) is 0 Å². The van der Waals surface area contributed by atoms with Crippen molar-refractivity contribution in [2.45, 2.75) is 64.7 Å². The van der Waals surface area contributed by atoms with Crippen LogP contribution in [0.2, 0.25) is 0 Å². The van der Waals surface area contributed by atoms with E-state index < -0.39 is 0 Å². The van der Waals surface area contributed by atoms with Crippen LogP contribution in [0, 0.1) is 6.92 Å². The van der Waals surface area contributed by atoms with Crippen LogP contribution in [0.1, 0.15) is 68.7 Å². The standard InChI is InChI=1S/C30H36N4O4S/c1-7-19(3)31-24(35)15-33-25(36)16-39-27(20-10-13-22-23(14-20)38-17-37-22)26-28(30(4,5)6)32-34(29(26)33)21-11-8-18(2)9-12-21/h8-14,19,27H,7,15-17H2,1-6H3,(H,31,35)/t19-,27-/m1/s1. The van der Waals surface area contributed by atoms with Crippen molar-refractivity contribution in [3.05, 3.63) is 64.8 Å². The maximum Gasteiger partial charge on any atom is 0.240 e. The summed E-state index contributed by atoms with van der Waals surface area (Å²) in [6.07, 6.45) is 0.808. The molecule has 39 heavy (non-hydrogen) atoms. The van der Waals surface area contributed by atoms with Crippen molar-refractivity contribution in [2.75, 3.05) is 24.0 Å². The highest BCUT2D eigenvalue weighted by Gasteiger charge is 2.40. The van der Waals surface area contributed by atoms with E-state index >= 15 is 0 Å². The van der Waals surface area contributed by atoms with Gasteiger partial charge in [-0.05, 0) is 50.1 Å². The van der Waals surface area contributed by atoms with Crippen molar-refractivity contribution in [3.8, 4) is 17.2 Å². The summed E-state index contributed by atoms with van der Waals surface area (Å²) in [5.41, 5.74) is 4.46. The lowest BCUT2D eigenvalue weighted by atomic mass is 9.87. The number of anilines is 1. The van der Waals surface area contributed by atoms with Crippen LogP contribution in [-0.2, 0) is 15.0 Å². The van der Waals surface area contributed by atoms with Crippen LogP contribution in [0.25, 0.3) is 5.69 Å². The fourth-order valence-corrected chi connectivity index (χ4v) is 6.03. The number of benzene rings is 2. The number of rotatable bonds is 6. The second kappa shape index (κ2) is 10.6. The fourth-order valence-electron chi connectivity index (χ4n) is 4.84. The zero-order valence-corrected chi connectivity index (χ0v) is 24.2. The summed E-state index contributed by atoms with van der Waals surface area (Å²) in [7, 11) is 0. The molecular formula is C30H36N4O4S. The molecule has 0 radical (unpaired) electrons. The van der Waals surface area contributed by atoms with Gasteiger partial charge in [0.05, 0.1) is 22.4 Å². The Bertz CT molecular complexity index is 1390. The molecule has 3 aromatic rings. The molecule has 2 amide bonds. The first-order valence-corrected chi connectivity index (χ1v) is 14.4. The molecule has 0 unspecified atom stereocenters. The van der Waals surface area contributed by atoms with E-state index in [1.165, 1.54) is 0 Å². The van der Waals surface area contributed by atoms with E-state index in [0.717, 1.165) is 34.5 Å². The Balaban J connectivity index is 1.73. The number of carbonyl (C=O) groups excluding carboxylic acids is 2. The van der Waals surface area contributed by atoms with Gasteiger partial charge >= 0.3 is 0 Å². The first kappa shape index (κ1) is 27.1. The van der Waals surface area contributed by atoms with Gasteiger partial charge in [-0.1, -0.05) is 51.5 Å². The smallest absolute Gasteiger partial charge is 0.240 e. The molecule has 0 bridgehead atoms. The molecule has 2 atom stereocenters. The van der Waals surface area contributed by atoms with Gasteiger partial charge in [-0.15, -0.1) is 11.8 Å². The summed E-state index contributed by atoms with van der Waals surface area (Å²) in [6, 6.07) is 14.0. The van der Waals surface area contributed by atoms with Crippen molar-refractivity contribution >= 4 is 29.4 Å². The van der Waals surface area contributed by atoms with E-state index in [2.05, 4.69) is 26.1 Å². The SMILES string of the molecule is CC[C@@H](C)NC(=O)CN1C(=O)CS[C@H](c2ccc3c(c2)OCO3)c2c(C(C)(C)C)nn(-c3ccc(C)cc3)c21. The van der Waals surface area contributed by atoms with E-state index in [1.54, 1.807) is 16.7 Å². The Kier molecular flexibility index (Phi) is 7.37. The van der Waals surface area contributed by atoms with Crippen LogP contribution in [0.3, 0.4) is 0 Å². The number of nitrogens with zero attached hydrogens (tertiary/aromatic N) is 3. The molecule has 2 aromatic carbocycles. The molecule has 0 saturated carbocycles. The van der Waals surface area contributed by atoms with Crippen LogP contribution in [0.15, 0.2) is 42.5 Å². The van der Waals surface area contributed by atoms with Crippen molar-refractivity contribution < 1.29 is 19.1 Å². The van der Waals surface area contributed by atoms with Gasteiger partial charge in [-0.25, -0.2) is 4.68 Å². The van der Waals surface area contributed by atoms with E-state index in [-0.39, 0.29) is 47.6 Å². The number of nitrogens with one attached hydrogen (secondary N) is 1. The molecule has 5 rings (SSSR count). The number of hydrogen-bond donors (Lipinski definition) is 1. The summed E-state index contributed by atoms with van der Waals surface area (Å²) in [4.78, 5) is 28.5. The summed E-state index contributed by atoms with van der Waals surface area (Å²) >= 11 is 1.55. The molecule has 0 spiro atoms. The van der Waals surface area contributed by atoms with Crippen LogP contribution < -0.4 is 19.7 Å². The number of amides is 2. The van der Waals surface area contributed by atoms with Gasteiger partial charge in [0.1, 0.15) is 12.4 Å². The predicted octanol–water partition coefficient (Wildman–Crippen LogP) is 5.29. The summed E-state index contributed by atoms with van der Waals surface area (Å²) in [5, 5.41) is 7.97. The van der Waals surface area contributed by atoms with Crippen molar-refractivity contribution in [1.82, 2.24) is 15.1 Å². The van der Waals surface area contributed by atoms with E-state index in [0.29, 0.717) is 17.3 Å². The number of fused-ring (bicyclic) bond motifs is 2. The molecule has 0 saturated heterocycles. The lowest BCUT2D eigenvalue weighted by molar-refractivity contribution is -0.123. The number of ether oxygens (including phenoxy) is 2. The Labute approximate surface area is 234 Å². The number of aromatic nitrogens is 2. The van der Waals surface area contributed by atoms with E-state index in [4.69, 9.17) is 14.6 Å². The second-order valence-electron chi connectivity index (χ2n) is 11.2. The average molecular weight is 549 g/mol. The van der Waals surface area contributed by atoms with Crippen LogP contribution in [-0.4, -0.2) is 46.7 Å². The van der Waals surface area contributed by atoms with Crippen LogP contribution >= 0.6 is 11.8 Å². The zero-order valence-electron chi connectivity index (χ0n) is 23.4. The van der Waals surface area contributed by atoms with Gasteiger partial charge in [-0.2, -0.15) is 5.10 Å². The maximum absolute atomic E-state index is 13.8. The molecular weight excluding hydrogens is 512 g/mol. The molecule has 0 aliphatic carbocycles. The third kappa shape index (κ3) is 5.37. The number of hydrogen-bond acceptors (Lipinski definition) is 6. The third-order valence-corrected chi connectivity index (χ3v) is 8.35. The predicted molar refractivity (Wildman–Crippen MR) is 154 cm³/mol. The lowest BCUT2D eigenvalue weighted by Crippen LogP contribution is -2.44.